The van der Waals surface area contributed by atoms with Crippen LogP contribution in [0, 0.1) is 0 Å². The van der Waals surface area contributed by atoms with Gasteiger partial charge in [0.2, 0.25) is 20.0 Å². The molecule has 0 radical (unpaired) electrons. The molecule has 8 heteroatoms. The Bertz CT molecular complexity index is 283. The highest BCUT2D eigenvalue weighted by Crippen LogP contribution is 1.98. The first-order valence-corrected chi connectivity index (χ1v) is 6.27. The summed E-state index contributed by atoms with van der Waals surface area (Å²) in [5.74, 6) is 0. The van der Waals surface area contributed by atoms with Crippen molar-refractivity contribution in [1.29, 1.82) is 0 Å². The molecule has 0 saturated heterocycles. The molecule has 11 heavy (non-hydrogen) atoms. The van der Waals surface area contributed by atoms with E-state index in [0.717, 1.165) is 12.5 Å². The fraction of sp³-hybridized carbons (Fsp3) is 1.00. The smallest absolute Gasteiger partial charge is 0.230 e. The summed E-state index contributed by atoms with van der Waals surface area (Å²) < 4.78 is 43.0. The zero-order valence-electron chi connectivity index (χ0n) is 6.40. The maximum atomic E-state index is 10.7. The minimum Gasteiger partial charge on any atom is -0.230 e. The van der Waals surface area contributed by atoms with Crippen LogP contribution < -0.4 is 5.43 Å². The number of nitrogens with one attached hydrogen (secondary N) is 1. The van der Waals surface area contributed by atoms with Crippen molar-refractivity contribution in [3.8, 4) is 0 Å². The molecule has 0 atom stereocenters. The topological polar surface area (TPSA) is 83.6 Å². The molecule has 6 nitrogen and oxygen atoms in total. The van der Waals surface area contributed by atoms with Crippen molar-refractivity contribution >= 4 is 20.0 Å². The molecular formula is C3H10N2O4S2. The van der Waals surface area contributed by atoms with Gasteiger partial charge in [-0.15, -0.1) is 0 Å². The molecule has 0 aliphatic heterocycles. The van der Waals surface area contributed by atoms with Crippen molar-refractivity contribution in [2.75, 3.05) is 19.6 Å². The normalized spacial score (nSPS) is 13.8. The van der Waals surface area contributed by atoms with Crippen LogP contribution in [0.25, 0.3) is 0 Å². The number of nitrogens with zero attached hydrogens (tertiary/aromatic N) is 1. The molecule has 1 N–H and O–H groups in total. The van der Waals surface area contributed by atoms with Crippen LogP contribution in [0.15, 0.2) is 0 Å². The minimum absolute atomic E-state index is 0.194. The second-order valence-corrected chi connectivity index (χ2v) is 5.84. The SMILES string of the molecule is CNN(S(C)(=O)=O)S(C)(=O)=O. The fourth-order valence-corrected chi connectivity index (χ4v) is 3.21. The minimum atomic E-state index is -3.74. The predicted octanol–water partition coefficient (Wildman–Crippen LogP) is -1.66. The van der Waals surface area contributed by atoms with E-state index in [1.54, 1.807) is 0 Å². The second-order valence-electron chi connectivity index (χ2n) is 1.95. The summed E-state index contributed by atoms with van der Waals surface area (Å²) in [7, 11) is -6.27. The van der Waals surface area contributed by atoms with Crippen LogP contribution in [0.5, 0.6) is 0 Å². The van der Waals surface area contributed by atoms with Gasteiger partial charge in [0.05, 0.1) is 12.5 Å². The van der Waals surface area contributed by atoms with Gasteiger partial charge in [-0.3, -0.25) is 0 Å². The quantitative estimate of drug-likeness (QED) is 0.554. The highest BCUT2D eigenvalue weighted by atomic mass is 32.3. The first-order chi connectivity index (χ1) is 4.69. The van der Waals surface area contributed by atoms with E-state index in [1.807, 2.05) is 5.43 Å². The number of hydrogen-bond acceptors (Lipinski definition) is 5. The molecule has 0 spiro atoms. The highest BCUT2D eigenvalue weighted by molar-refractivity contribution is 8.03. The molecular weight excluding hydrogens is 192 g/mol. The van der Waals surface area contributed by atoms with Gasteiger partial charge in [-0.25, -0.2) is 22.3 Å². The lowest BCUT2D eigenvalue weighted by molar-refractivity contribution is 0.461. The average Bonchev–Trinajstić information content (AvgIpc) is 1.56. The third kappa shape index (κ3) is 3.14. The first-order valence-electron chi connectivity index (χ1n) is 2.57. The number of rotatable bonds is 3. The van der Waals surface area contributed by atoms with Crippen molar-refractivity contribution in [3.63, 3.8) is 0 Å². The highest BCUT2D eigenvalue weighted by Gasteiger charge is 2.24. The number of sulfonamides is 2. The molecule has 0 aliphatic carbocycles. The van der Waals surface area contributed by atoms with E-state index in [1.165, 1.54) is 7.05 Å². The van der Waals surface area contributed by atoms with Gasteiger partial charge in [0.15, 0.2) is 0 Å². The molecule has 0 aliphatic rings. The summed E-state index contributed by atoms with van der Waals surface area (Å²) in [6.07, 6.45) is 1.59. The average molecular weight is 202 g/mol. The van der Waals surface area contributed by atoms with Gasteiger partial charge in [0, 0.05) is 7.05 Å². The third-order valence-corrected chi connectivity index (χ3v) is 3.98. The van der Waals surface area contributed by atoms with E-state index in [2.05, 4.69) is 0 Å². The lowest BCUT2D eigenvalue weighted by Gasteiger charge is -2.14. The standard InChI is InChI=1S/C3H10N2O4S2/c1-4-5(10(2,6)7)11(3,8)9/h4H,1-3H3. The third-order valence-electron chi connectivity index (χ3n) is 0.785. The Morgan fingerprint density at radius 2 is 1.27 bits per heavy atom. The maximum absolute atomic E-state index is 10.7. The Labute approximate surface area is 66.3 Å². The van der Waals surface area contributed by atoms with Gasteiger partial charge < -0.3 is 0 Å². The number of hydrogen-bond donors (Lipinski definition) is 1. The van der Waals surface area contributed by atoms with Crippen LogP contribution in [-0.4, -0.2) is 40.2 Å². The summed E-state index contributed by atoms with van der Waals surface area (Å²) in [5, 5.41) is 0. The van der Waals surface area contributed by atoms with Crippen LogP contribution in [0.3, 0.4) is 0 Å². The summed E-state index contributed by atoms with van der Waals surface area (Å²) in [4.78, 5) is 0. The van der Waals surface area contributed by atoms with Crippen LogP contribution >= 0.6 is 0 Å². The van der Waals surface area contributed by atoms with Gasteiger partial charge in [0.25, 0.3) is 0 Å². The van der Waals surface area contributed by atoms with Gasteiger partial charge in [-0.05, 0) is 3.82 Å². The molecule has 0 saturated carbocycles. The fourth-order valence-electron chi connectivity index (χ4n) is 0.578. The second kappa shape index (κ2) is 3.05. The Morgan fingerprint density at radius 3 is 1.27 bits per heavy atom. The van der Waals surface area contributed by atoms with E-state index < -0.39 is 20.0 Å². The maximum Gasteiger partial charge on any atom is 0.237 e. The first kappa shape index (κ1) is 10.8. The van der Waals surface area contributed by atoms with E-state index >= 15 is 0 Å². The summed E-state index contributed by atoms with van der Waals surface area (Å²) in [6.45, 7) is 0. The summed E-state index contributed by atoms with van der Waals surface area (Å²) in [6, 6.07) is 0. The molecule has 0 rings (SSSR count). The largest absolute Gasteiger partial charge is 0.237 e. The van der Waals surface area contributed by atoms with E-state index in [4.69, 9.17) is 0 Å². The molecule has 0 fully saturated rings. The molecule has 0 unspecified atom stereocenters. The summed E-state index contributed by atoms with van der Waals surface area (Å²) >= 11 is 0. The van der Waals surface area contributed by atoms with Crippen LogP contribution in [-0.2, 0) is 20.0 Å². The van der Waals surface area contributed by atoms with Crippen molar-refractivity contribution in [2.24, 2.45) is 0 Å². The Balaban J connectivity index is 5.05. The molecule has 0 bridgehead atoms. The predicted molar refractivity (Wildman–Crippen MR) is 40.6 cm³/mol. The lowest BCUT2D eigenvalue weighted by atomic mass is 11.5. The molecule has 0 aromatic heterocycles. The Hall–Kier alpha value is -0.180. The molecule has 68 valence electrons. The molecule has 0 aromatic carbocycles. The monoisotopic (exact) mass is 202 g/mol. The van der Waals surface area contributed by atoms with E-state index in [0.29, 0.717) is 0 Å². The van der Waals surface area contributed by atoms with Crippen molar-refractivity contribution < 1.29 is 16.8 Å². The van der Waals surface area contributed by atoms with Crippen molar-refractivity contribution in [3.05, 3.63) is 0 Å². The van der Waals surface area contributed by atoms with Gasteiger partial charge in [0.1, 0.15) is 0 Å². The number of hydrazine groups is 1. The van der Waals surface area contributed by atoms with Gasteiger partial charge in [-0.2, -0.15) is 0 Å². The van der Waals surface area contributed by atoms with E-state index in [9.17, 15) is 16.8 Å². The van der Waals surface area contributed by atoms with Crippen LogP contribution in [0.4, 0.5) is 0 Å². The van der Waals surface area contributed by atoms with Gasteiger partial charge in [-0.1, -0.05) is 0 Å². The van der Waals surface area contributed by atoms with Crippen molar-refractivity contribution in [2.45, 2.75) is 0 Å². The Morgan fingerprint density at radius 1 is 1.00 bits per heavy atom. The van der Waals surface area contributed by atoms with Crippen LogP contribution in [0.2, 0.25) is 0 Å². The molecule has 0 amide bonds. The molecule has 0 heterocycles. The Kier molecular flexibility index (Phi) is 3.00. The summed E-state index contributed by atoms with van der Waals surface area (Å²) in [5.41, 5.74) is 2.04. The lowest BCUT2D eigenvalue weighted by Crippen LogP contribution is -2.43. The molecule has 0 aromatic rings. The zero-order valence-corrected chi connectivity index (χ0v) is 8.03. The van der Waals surface area contributed by atoms with Crippen molar-refractivity contribution in [1.82, 2.24) is 9.25 Å². The van der Waals surface area contributed by atoms with Gasteiger partial charge >= 0.3 is 0 Å². The van der Waals surface area contributed by atoms with E-state index in [-0.39, 0.29) is 3.82 Å². The zero-order chi connectivity index (χ0) is 9.28. The van der Waals surface area contributed by atoms with Crippen LogP contribution in [0.1, 0.15) is 0 Å².